The van der Waals surface area contributed by atoms with Gasteiger partial charge in [0.25, 0.3) is 0 Å². The third-order valence-electron chi connectivity index (χ3n) is 4.91. The molecule has 0 bridgehead atoms. The van der Waals surface area contributed by atoms with Crippen LogP contribution in [0.2, 0.25) is 0 Å². The standard InChI is InChI=1S/C23H19FN2O3S/c1-15-3-10-19(11-4-15)30(28,29)21-14-26(13-17-6-8-18(24)9-7-17)23-20(22(21)27)12-5-16(2)25-23/h3-12,14H,13H2,1-2H3. The van der Waals surface area contributed by atoms with Gasteiger partial charge in [0.2, 0.25) is 15.3 Å². The number of sulfone groups is 1. The van der Waals surface area contributed by atoms with Crippen LogP contribution >= 0.6 is 0 Å². The van der Waals surface area contributed by atoms with Crippen molar-refractivity contribution in [3.8, 4) is 0 Å². The highest BCUT2D eigenvalue weighted by atomic mass is 32.2. The van der Waals surface area contributed by atoms with Crippen molar-refractivity contribution in [2.75, 3.05) is 0 Å². The van der Waals surface area contributed by atoms with Crippen LogP contribution in [0.25, 0.3) is 11.0 Å². The summed E-state index contributed by atoms with van der Waals surface area (Å²) in [6, 6.07) is 15.5. The molecule has 0 aliphatic rings. The van der Waals surface area contributed by atoms with Crippen LogP contribution in [0.1, 0.15) is 16.8 Å². The zero-order valence-corrected chi connectivity index (χ0v) is 17.3. The van der Waals surface area contributed by atoms with E-state index >= 15 is 0 Å². The third-order valence-corrected chi connectivity index (χ3v) is 6.68. The molecule has 4 rings (SSSR count). The van der Waals surface area contributed by atoms with E-state index in [1.807, 2.05) is 6.92 Å². The molecule has 0 fully saturated rings. The highest BCUT2D eigenvalue weighted by Gasteiger charge is 2.24. The van der Waals surface area contributed by atoms with Crippen molar-refractivity contribution in [2.45, 2.75) is 30.2 Å². The first kappa shape index (κ1) is 20.0. The first-order valence-corrected chi connectivity index (χ1v) is 10.8. The summed E-state index contributed by atoms with van der Waals surface area (Å²) in [5, 5.41) is 0.218. The van der Waals surface area contributed by atoms with Gasteiger partial charge in [-0.2, -0.15) is 0 Å². The van der Waals surface area contributed by atoms with E-state index in [9.17, 15) is 17.6 Å². The predicted octanol–water partition coefficient (Wildman–Crippen LogP) is 4.03. The van der Waals surface area contributed by atoms with E-state index in [0.717, 1.165) is 11.1 Å². The van der Waals surface area contributed by atoms with Gasteiger partial charge < -0.3 is 4.57 Å². The van der Waals surface area contributed by atoms with Crippen LogP contribution < -0.4 is 5.43 Å². The van der Waals surface area contributed by atoms with Crippen molar-refractivity contribution in [1.29, 1.82) is 0 Å². The number of pyridine rings is 2. The lowest BCUT2D eigenvalue weighted by Crippen LogP contribution is -2.20. The zero-order chi connectivity index (χ0) is 21.5. The molecule has 7 heteroatoms. The van der Waals surface area contributed by atoms with Gasteiger partial charge in [-0.3, -0.25) is 4.79 Å². The smallest absolute Gasteiger partial charge is 0.211 e. The minimum absolute atomic E-state index is 0.0537. The molecule has 0 saturated carbocycles. The third kappa shape index (κ3) is 3.64. The largest absolute Gasteiger partial charge is 0.327 e. The molecule has 0 saturated heterocycles. The van der Waals surface area contributed by atoms with Gasteiger partial charge in [0.15, 0.2) is 0 Å². The molecule has 0 spiro atoms. The van der Waals surface area contributed by atoms with Gasteiger partial charge in [-0.15, -0.1) is 0 Å². The molecule has 152 valence electrons. The number of fused-ring (bicyclic) bond motifs is 1. The predicted molar refractivity (Wildman–Crippen MR) is 113 cm³/mol. The number of aryl methyl sites for hydroxylation is 2. The van der Waals surface area contributed by atoms with Gasteiger partial charge >= 0.3 is 0 Å². The molecule has 0 N–H and O–H groups in total. The van der Waals surface area contributed by atoms with Gasteiger partial charge in [0, 0.05) is 18.4 Å². The van der Waals surface area contributed by atoms with Gasteiger partial charge in [-0.05, 0) is 55.8 Å². The molecule has 0 aliphatic heterocycles. The van der Waals surface area contributed by atoms with Crippen molar-refractivity contribution < 1.29 is 12.8 Å². The van der Waals surface area contributed by atoms with Crippen LogP contribution in [-0.2, 0) is 16.4 Å². The summed E-state index contributed by atoms with van der Waals surface area (Å²) < 4.78 is 41.4. The van der Waals surface area contributed by atoms with Crippen LogP contribution in [0.15, 0.2) is 81.4 Å². The molecule has 0 unspecified atom stereocenters. The van der Waals surface area contributed by atoms with Gasteiger partial charge in [0.05, 0.1) is 10.3 Å². The number of halogens is 1. The van der Waals surface area contributed by atoms with Crippen molar-refractivity contribution in [3.63, 3.8) is 0 Å². The Bertz CT molecular complexity index is 1410. The number of rotatable bonds is 4. The second-order valence-corrected chi connectivity index (χ2v) is 9.14. The minimum Gasteiger partial charge on any atom is -0.327 e. The quantitative estimate of drug-likeness (QED) is 0.498. The topological polar surface area (TPSA) is 69.0 Å². The molecule has 2 heterocycles. The summed E-state index contributed by atoms with van der Waals surface area (Å²) in [5.74, 6) is -0.361. The van der Waals surface area contributed by atoms with E-state index in [4.69, 9.17) is 0 Å². The van der Waals surface area contributed by atoms with E-state index in [1.165, 1.54) is 30.5 Å². The summed E-state index contributed by atoms with van der Waals surface area (Å²) >= 11 is 0. The molecule has 2 aromatic heterocycles. The molecule has 0 aliphatic carbocycles. The molecule has 4 aromatic rings. The van der Waals surface area contributed by atoms with E-state index in [2.05, 4.69) is 4.98 Å². The fourth-order valence-electron chi connectivity index (χ4n) is 3.28. The van der Waals surface area contributed by atoms with Gasteiger partial charge in [-0.1, -0.05) is 29.8 Å². The average Bonchev–Trinajstić information content (AvgIpc) is 2.71. The van der Waals surface area contributed by atoms with Crippen LogP contribution in [0.5, 0.6) is 0 Å². The molecule has 0 radical (unpaired) electrons. The summed E-state index contributed by atoms with van der Waals surface area (Å²) in [7, 11) is -4.03. The van der Waals surface area contributed by atoms with Crippen LogP contribution in [0, 0.1) is 19.7 Å². The zero-order valence-electron chi connectivity index (χ0n) is 16.5. The van der Waals surface area contributed by atoms with E-state index in [-0.39, 0.29) is 27.5 Å². The Morgan fingerprint density at radius 2 is 1.60 bits per heavy atom. The maximum Gasteiger partial charge on any atom is 0.211 e. The van der Waals surface area contributed by atoms with Gasteiger partial charge in [-0.25, -0.2) is 17.8 Å². The second-order valence-electron chi connectivity index (χ2n) is 7.22. The summed E-state index contributed by atoms with van der Waals surface area (Å²) in [5.41, 5.74) is 2.16. The summed E-state index contributed by atoms with van der Waals surface area (Å²) in [6.07, 6.45) is 1.33. The van der Waals surface area contributed by atoms with Crippen molar-refractivity contribution in [1.82, 2.24) is 9.55 Å². The monoisotopic (exact) mass is 422 g/mol. The summed E-state index contributed by atoms with van der Waals surface area (Å²) in [4.78, 5) is 17.3. The van der Waals surface area contributed by atoms with Crippen molar-refractivity contribution >= 4 is 20.9 Å². The number of hydrogen-bond donors (Lipinski definition) is 0. The first-order valence-electron chi connectivity index (χ1n) is 9.33. The van der Waals surface area contributed by atoms with Crippen LogP contribution in [0.3, 0.4) is 0 Å². The number of benzene rings is 2. The Kier molecular flexibility index (Phi) is 4.99. The number of aromatic nitrogens is 2. The lowest BCUT2D eigenvalue weighted by atomic mass is 10.2. The maximum atomic E-state index is 13.3. The van der Waals surface area contributed by atoms with E-state index in [1.54, 1.807) is 47.9 Å². The molecule has 30 heavy (non-hydrogen) atoms. The fraction of sp³-hybridized carbons (Fsp3) is 0.130. The Balaban J connectivity index is 1.96. The second kappa shape index (κ2) is 7.50. The Morgan fingerprint density at radius 3 is 2.27 bits per heavy atom. The Morgan fingerprint density at radius 1 is 0.933 bits per heavy atom. The molecular weight excluding hydrogens is 403 g/mol. The van der Waals surface area contributed by atoms with E-state index in [0.29, 0.717) is 11.3 Å². The van der Waals surface area contributed by atoms with E-state index < -0.39 is 15.3 Å². The molecular formula is C23H19FN2O3S. The lowest BCUT2D eigenvalue weighted by molar-refractivity contribution is 0.594. The molecule has 0 amide bonds. The average molecular weight is 422 g/mol. The molecule has 5 nitrogen and oxygen atoms in total. The highest BCUT2D eigenvalue weighted by Crippen LogP contribution is 2.22. The van der Waals surface area contributed by atoms with Crippen LogP contribution in [0.4, 0.5) is 4.39 Å². The summed E-state index contributed by atoms with van der Waals surface area (Å²) in [6.45, 7) is 3.89. The van der Waals surface area contributed by atoms with Crippen LogP contribution in [-0.4, -0.2) is 18.0 Å². The normalized spacial score (nSPS) is 11.7. The molecule has 2 aromatic carbocycles. The molecule has 0 atom stereocenters. The maximum absolute atomic E-state index is 13.3. The first-order chi connectivity index (χ1) is 14.3. The Hall–Kier alpha value is -3.32. The Labute approximate surface area is 173 Å². The highest BCUT2D eigenvalue weighted by molar-refractivity contribution is 7.91. The van der Waals surface area contributed by atoms with Crippen molar-refractivity contribution in [3.05, 3.63) is 99.7 Å². The lowest BCUT2D eigenvalue weighted by Gasteiger charge is -2.14. The van der Waals surface area contributed by atoms with Gasteiger partial charge in [0.1, 0.15) is 16.4 Å². The number of hydrogen-bond acceptors (Lipinski definition) is 4. The minimum atomic E-state index is -4.03. The number of nitrogens with zero attached hydrogens (tertiary/aromatic N) is 2. The fourth-order valence-corrected chi connectivity index (χ4v) is 4.64. The SMILES string of the molecule is Cc1ccc(S(=O)(=O)c2cn(Cc3ccc(F)cc3)c3nc(C)ccc3c2=O)cc1. The van der Waals surface area contributed by atoms with Crippen molar-refractivity contribution in [2.24, 2.45) is 0 Å².